The molecule has 0 spiro atoms. The molecule has 0 aliphatic carbocycles. The van der Waals surface area contributed by atoms with Gasteiger partial charge in [-0.25, -0.2) is 4.39 Å². The molecule has 3 heterocycles. The predicted octanol–water partition coefficient (Wildman–Crippen LogP) is 5.39. The summed E-state index contributed by atoms with van der Waals surface area (Å²) in [5.41, 5.74) is 1.64. The monoisotopic (exact) mass is 599 g/mol. The van der Waals surface area contributed by atoms with Gasteiger partial charge < -0.3 is 19.4 Å². The van der Waals surface area contributed by atoms with Crippen molar-refractivity contribution in [3.05, 3.63) is 86.3 Å². The van der Waals surface area contributed by atoms with Crippen LogP contribution in [0.1, 0.15) is 39.7 Å². The number of rotatable bonds is 9. The lowest BCUT2D eigenvalue weighted by Gasteiger charge is -2.37. The van der Waals surface area contributed by atoms with Crippen molar-refractivity contribution in [2.45, 2.75) is 25.3 Å². The molecule has 2 aliphatic heterocycles. The Hall–Kier alpha value is -2.75. The Morgan fingerprint density at radius 3 is 2.63 bits per heavy atom. The molecule has 2 aromatic carbocycles. The van der Waals surface area contributed by atoms with Gasteiger partial charge in [-0.3, -0.25) is 9.59 Å². The molecule has 0 N–H and O–H groups in total. The predicted molar refractivity (Wildman–Crippen MR) is 150 cm³/mol. The van der Waals surface area contributed by atoms with Crippen molar-refractivity contribution < 1.29 is 18.7 Å². The summed E-state index contributed by atoms with van der Waals surface area (Å²) >= 11 is 5.15. The van der Waals surface area contributed by atoms with Gasteiger partial charge in [0.05, 0.1) is 6.04 Å². The maximum absolute atomic E-state index is 13.8. The zero-order valence-corrected chi connectivity index (χ0v) is 23.6. The normalized spacial score (nSPS) is 17.3. The first-order valence-electron chi connectivity index (χ1n) is 13.0. The molecule has 6 nitrogen and oxygen atoms in total. The van der Waals surface area contributed by atoms with Crippen LogP contribution in [0.5, 0.6) is 5.75 Å². The standard InChI is InChI=1S/C29H31BrFN3O3S/c30-22-5-3-4-21(18-22)29(36)33(16-15-32-12-1-2-13-32)19-28(35)34-14-10-27-25(11-17-38-27)26(34)20-37-24-8-6-23(31)7-9-24/h3-9,11,17-18,26H,1-2,10,12-16,19-20H2/t26-/m1/s1. The number of hydrogen-bond donors (Lipinski definition) is 0. The number of hydrogen-bond acceptors (Lipinski definition) is 5. The number of likely N-dealkylation sites (tertiary alicyclic amines) is 1. The van der Waals surface area contributed by atoms with Gasteiger partial charge in [-0.05, 0) is 91.8 Å². The second-order valence-corrected chi connectivity index (χ2v) is 11.6. The molecule has 2 amide bonds. The molecule has 0 radical (unpaired) electrons. The molecule has 1 aromatic heterocycles. The molecule has 0 saturated carbocycles. The van der Waals surface area contributed by atoms with Crippen LogP contribution in [-0.2, 0) is 11.2 Å². The van der Waals surface area contributed by atoms with Crippen LogP contribution >= 0.6 is 27.3 Å². The third-order valence-electron chi connectivity index (χ3n) is 7.21. The van der Waals surface area contributed by atoms with Crippen LogP contribution in [0, 0.1) is 5.82 Å². The quantitative estimate of drug-likeness (QED) is 0.331. The van der Waals surface area contributed by atoms with Crippen LogP contribution in [0.25, 0.3) is 0 Å². The van der Waals surface area contributed by atoms with Gasteiger partial charge in [0.15, 0.2) is 0 Å². The number of ether oxygens (including phenoxy) is 1. The van der Waals surface area contributed by atoms with E-state index < -0.39 is 0 Å². The summed E-state index contributed by atoms with van der Waals surface area (Å²) in [5, 5.41) is 2.04. The zero-order valence-electron chi connectivity index (χ0n) is 21.2. The molecule has 1 saturated heterocycles. The topological polar surface area (TPSA) is 53.1 Å². The molecule has 1 fully saturated rings. The van der Waals surface area contributed by atoms with Gasteiger partial charge in [0, 0.05) is 34.5 Å². The summed E-state index contributed by atoms with van der Waals surface area (Å²) in [6.45, 7) is 4.13. The first-order chi connectivity index (χ1) is 18.5. The lowest BCUT2D eigenvalue weighted by Crippen LogP contribution is -2.49. The van der Waals surface area contributed by atoms with Crippen molar-refractivity contribution in [1.29, 1.82) is 0 Å². The van der Waals surface area contributed by atoms with Crippen LogP contribution < -0.4 is 4.74 Å². The summed E-state index contributed by atoms with van der Waals surface area (Å²) < 4.78 is 20.2. The molecular formula is C29H31BrFN3O3S. The number of fused-ring (bicyclic) bond motifs is 1. The molecule has 38 heavy (non-hydrogen) atoms. The second-order valence-electron chi connectivity index (χ2n) is 9.70. The van der Waals surface area contributed by atoms with Gasteiger partial charge in [-0.15, -0.1) is 11.3 Å². The highest BCUT2D eigenvalue weighted by molar-refractivity contribution is 9.10. The van der Waals surface area contributed by atoms with Gasteiger partial charge in [-0.1, -0.05) is 22.0 Å². The van der Waals surface area contributed by atoms with Crippen molar-refractivity contribution in [2.75, 3.05) is 45.9 Å². The molecule has 0 unspecified atom stereocenters. The highest BCUT2D eigenvalue weighted by Gasteiger charge is 2.34. The van der Waals surface area contributed by atoms with Crippen molar-refractivity contribution in [1.82, 2.24) is 14.7 Å². The highest BCUT2D eigenvalue weighted by atomic mass is 79.9. The minimum Gasteiger partial charge on any atom is -0.491 e. The molecule has 200 valence electrons. The Morgan fingerprint density at radius 1 is 1.08 bits per heavy atom. The van der Waals surface area contributed by atoms with Gasteiger partial charge in [-0.2, -0.15) is 0 Å². The number of amides is 2. The fourth-order valence-electron chi connectivity index (χ4n) is 5.16. The lowest BCUT2D eigenvalue weighted by molar-refractivity contribution is -0.135. The number of nitrogens with zero attached hydrogens (tertiary/aromatic N) is 3. The van der Waals surface area contributed by atoms with Crippen molar-refractivity contribution >= 4 is 39.1 Å². The Kier molecular flexibility index (Phi) is 8.76. The van der Waals surface area contributed by atoms with E-state index in [0.29, 0.717) is 24.4 Å². The first kappa shape index (κ1) is 26.8. The van der Waals surface area contributed by atoms with E-state index in [-0.39, 0.29) is 36.8 Å². The van der Waals surface area contributed by atoms with E-state index in [2.05, 4.69) is 26.9 Å². The Bertz CT molecular complexity index is 1260. The van der Waals surface area contributed by atoms with E-state index in [9.17, 15) is 14.0 Å². The van der Waals surface area contributed by atoms with Crippen LogP contribution in [0.15, 0.2) is 64.5 Å². The number of halogens is 2. The second kappa shape index (κ2) is 12.4. The average molecular weight is 601 g/mol. The molecule has 3 aromatic rings. The van der Waals surface area contributed by atoms with Gasteiger partial charge in [0.2, 0.25) is 5.91 Å². The van der Waals surface area contributed by atoms with E-state index in [4.69, 9.17) is 4.74 Å². The number of benzene rings is 2. The molecular weight excluding hydrogens is 569 g/mol. The van der Waals surface area contributed by atoms with Crippen LogP contribution in [-0.4, -0.2) is 72.4 Å². The van der Waals surface area contributed by atoms with E-state index in [1.165, 1.54) is 29.9 Å². The third kappa shape index (κ3) is 6.45. The smallest absolute Gasteiger partial charge is 0.254 e. The van der Waals surface area contributed by atoms with E-state index in [1.807, 2.05) is 22.4 Å². The summed E-state index contributed by atoms with van der Waals surface area (Å²) in [5.74, 6) is -0.0141. The first-order valence-corrected chi connectivity index (χ1v) is 14.7. The van der Waals surface area contributed by atoms with E-state index in [1.54, 1.807) is 40.5 Å². The molecule has 2 aliphatic rings. The van der Waals surface area contributed by atoms with E-state index >= 15 is 0 Å². The average Bonchev–Trinajstić information content (AvgIpc) is 3.62. The van der Waals surface area contributed by atoms with Crippen molar-refractivity contribution in [3.63, 3.8) is 0 Å². The Balaban J connectivity index is 1.33. The molecule has 5 rings (SSSR count). The number of thiophene rings is 1. The zero-order chi connectivity index (χ0) is 26.5. The van der Waals surface area contributed by atoms with Gasteiger partial charge >= 0.3 is 0 Å². The maximum atomic E-state index is 13.8. The third-order valence-corrected chi connectivity index (χ3v) is 8.70. The molecule has 1 atom stereocenters. The summed E-state index contributed by atoms with van der Waals surface area (Å²) in [6, 6.07) is 15.0. The summed E-state index contributed by atoms with van der Waals surface area (Å²) in [7, 11) is 0. The minimum atomic E-state index is -0.323. The van der Waals surface area contributed by atoms with Crippen LogP contribution in [0.4, 0.5) is 4.39 Å². The highest BCUT2D eigenvalue weighted by Crippen LogP contribution is 2.34. The van der Waals surface area contributed by atoms with Crippen LogP contribution in [0.2, 0.25) is 0 Å². The van der Waals surface area contributed by atoms with Crippen LogP contribution in [0.3, 0.4) is 0 Å². The summed E-state index contributed by atoms with van der Waals surface area (Å²) in [4.78, 5) is 34.5. The largest absolute Gasteiger partial charge is 0.491 e. The Morgan fingerprint density at radius 2 is 1.87 bits per heavy atom. The lowest BCUT2D eigenvalue weighted by atomic mass is 10.0. The number of carbonyl (C=O) groups is 2. The SMILES string of the molecule is O=C(c1cccc(Br)c1)N(CCN1CCCC1)CC(=O)N1CCc2sccc2[C@H]1COc1ccc(F)cc1. The molecule has 0 bridgehead atoms. The summed E-state index contributed by atoms with van der Waals surface area (Å²) in [6.07, 6.45) is 3.12. The molecule has 9 heteroatoms. The van der Waals surface area contributed by atoms with Gasteiger partial charge in [0.1, 0.15) is 24.7 Å². The van der Waals surface area contributed by atoms with E-state index in [0.717, 1.165) is 36.1 Å². The van der Waals surface area contributed by atoms with Crippen molar-refractivity contribution in [2.24, 2.45) is 0 Å². The maximum Gasteiger partial charge on any atom is 0.254 e. The van der Waals surface area contributed by atoms with Crippen molar-refractivity contribution in [3.8, 4) is 5.75 Å². The Labute approximate surface area is 235 Å². The minimum absolute atomic E-state index is 0.00566. The fourth-order valence-corrected chi connectivity index (χ4v) is 6.49. The fraction of sp³-hybridized carbons (Fsp3) is 0.379. The number of carbonyl (C=O) groups excluding carboxylic acids is 2. The van der Waals surface area contributed by atoms with Gasteiger partial charge in [0.25, 0.3) is 5.91 Å².